The van der Waals surface area contributed by atoms with Gasteiger partial charge in [0.2, 0.25) is 5.91 Å². The highest BCUT2D eigenvalue weighted by Gasteiger charge is 2.08. The van der Waals surface area contributed by atoms with Gasteiger partial charge >= 0.3 is 0 Å². The Balaban J connectivity index is 2.01. The molecule has 6 heteroatoms. The van der Waals surface area contributed by atoms with Crippen LogP contribution in [0.5, 0.6) is 0 Å². The number of halogens is 1. The monoisotopic (exact) mass is 386 g/mol. The van der Waals surface area contributed by atoms with E-state index in [1.165, 1.54) is 11.3 Å². The molecule has 3 N–H and O–H groups in total. The molecule has 0 saturated carbocycles. The lowest BCUT2D eigenvalue weighted by atomic mass is 10.1. The molecule has 0 aliphatic carbocycles. The van der Waals surface area contributed by atoms with Crippen molar-refractivity contribution in [2.24, 2.45) is 5.73 Å². The van der Waals surface area contributed by atoms with E-state index in [1.54, 1.807) is 18.2 Å². The molecule has 1 aromatic heterocycles. The lowest BCUT2D eigenvalue weighted by molar-refractivity contribution is 0.0950. The second-order valence-corrected chi connectivity index (χ2v) is 6.69. The van der Waals surface area contributed by atoms with Crippen LogP contribution in [0.4, 0.5) is 0 Å². The molecule has 2 amide bonds. The summed E-state index contributed by atoms with van der Waals surface area (Å²) in [6.45, 7) is 0.367. The van der Waals surface area contributed by atoms with Crippen molar-refractivity contribution in [3.05, 3.63) is 55.3 Å². The van der Waals surface area contributed by atoms with Crippen LogP contribution in [0.25, 0.3) is 0 Å². The second-order valence-electron chi connectivity index (χ2n) is 3.89. The average molecular weight is 386 g/mol. The van der Waals surface area contributed by atoms with E-state index in [0.29, 0.717) is 17.7 Å². The number of thiophene rings is 1. The van der Waals surface area contributed by atoms with E-state index in [4.69, 9.17) is 5.73 Å². The van der Waals surface area contributed by atoms with Crippen LogP contribution in [0.1, 0.15) is 26.3 Å². The molecule has 19 heavy (non-hydrogen) atoms. The molecule has 0 bridgehead atoms. The Labute approximate surface area is 128 Å². The molecule has 2 rings (SSSR count). The summed E-state index contributed by atoms with van der Waals surface area (Å²) < 4.78 is 1.07. The second kappa shape index (κ2) is 6.16. The first-order valence-corrected chi connectivity index (χ1v) is 7.43. The zero-order valence-electron chi connectivity index (χ0n) is 9.85. The predicted octanol–water partition coefficient (Wildman–Crippen LogP) is 2.38. The number of hydrogen-bond acceptors (Lipinski definition) is 3. The van der Waals surface area contributed by atoms with Crippen molar-refractivity contribution in [3.63, 3.8) is 0 Å². The number of nitrogens with two attached hydrogens (primary N) is 1. The topological polar surface area (TPSA) is 72.2 Å². The molecule has 0 aliphatic rings. The largest absolute Gasteiger partial charge is 0.366 e. The summed E-state index contributed by atoms with van der Waals surface area (Å²) in [5.41, 5.74) is 7.14. The Bertz CT molecular complexity index is 625. The number of nitrogens with one attached hydrogen (secondary N) is 1. The standard InChI is InChI=1S/C13H11IN2O2S/c14-11-5-10(7-19-11)13(18)16-6-8-2-1-3-9(4-8)12(15)17/h1-5,7H,6H2,(H2,15,17)(H,16,18). The first-order valence-electron chi connectivity index (χ1n) is 5.47. The van der Waals surface area contributed by atoms with Gasteiger partial charge in [-0.1, -0.05) is 12.1 Å². The van der Waals surface area contributed by atoms with Gasteiger partial charge in [0.05, 0.1) is 8.45 Å². The van der Waals surface area contributed by atoms with Gasteiger partial charge in [0.1, 0.15) is 0 Å². The SMILES string of the molecule is NC(=O)c1cccc(CNC(=O)c2csc(I)c2)c1. The number of primary amides is 1. The smallest absolute Gasteiger partial charge is 0.252 e. The Morgan fingerprint density at radius 3 is 2.68 bits per heavy atom. The number of carbonyl (C=O) groups excluding carboxylic acids is 2. The van der Waals surface area contributed by atoms with Crippen molar-refractivity contribution in [3.8, 4) is 0 Å². The number of hydrogen-bond donors (Lipinski definition) is 2. The Morgan fingerprint density at radius 2 is 2.05 bits per heavy atom. The number of benzene rings is 1. The average Bonchev–Trinajstić information content (AvgIpc) is 2.83. The summed E-state index contributed by atoms with van der Waals surface area (Å²) >= 11 is 3.70. The van der Waals surface area contributed by atoms with E-state index < -0.39 is 5.91 Å². The van der Waals surface area contributed by atoms with E-state index in [1.807, 2.05) is 17.5 Å². The third-order valence-corrected chi connectivity index (χ3v) is 4.28. The maximum absolute atomic E-state index is 11.9. The molecule has 1 heterocycles. The molecule has 4 nitrogen and oxygen atoms in total. The third-order valence-electron chi connectivity index (χ3n) is 2.49. The van der Waals surface area contributed by atoms with Crippen LogP contribution >= 0.6 is 33.9 Å². The zero-order valence-corrected chi connectivity index (χ0v) is 12.8. The van der Waals surface area contributed by atoms with Crippen molar-refractivity contribution < 1.29 is 9.59 Å². The molecular formula is C13H11IN2O2S. The molecule has 0 spiro atoms. The molecule has 1 aromatic carbocycles. The highest BCUT2D eigenvalue weighted by atomic mass is 127. The Hall–Kier alpha value is -1.41. The van der Waals surface area contributed by atoms with Crippen molar-refractivity contribution in [2.75, 3.05) is 0 Å². The lowest BCUT2D eigenvalue weighted by Gasteiger charge is -2.05. The van der Waals surface area contributed by atoms with Crippen molar-refractivity contribution in [1.82, 2.24) is 5.32 Å². The van der Waals surface area contributed by atoms with Gasteiger partial charge in [-0.3, -0.25) is 9.59 Å². The number of carbonyl (C=O) groups is 2. The van der Waals surface area contributed by atoms with Crippen molar-refractivity contribution >= 4 is 45.7 Å². The first kappa shape index (κ1) is 14.0. The zero-order chi connectivity index (χ0) is 13.8. The van der Waals surface area contributed by atoms with Crippen LogP contribution in [0.3, 0.4) is 0 Å². The summed E-state index contributed by atoms with van der Waals surface area (Å²) in [6, 6.07) is 8.74. The molecule has 0 unspecified atom stereocenters. The summed E-state index contributed by atoms with van der Waals surface area (Å²) in [7, 11) is 0. The van der Waals surface area contributed by atoms with Crippen LogP contribution < -0.4 is 11.1 Å². The van der Waals surface area contributed by atoms with Gasteiger partial charge in [0, 0.05) is 17.5 Å². The minimum atomic E-state index is -0.472. The van der Waals surface area contributed by atoms with E-state index in [-0.39, 0.29) is 5.91 Å². The Morgan fingerprint density at radius 1 is 1.26 bits per heavy atom. The fourth-order valence-corrected chi connectivity index (χ4v) is 2.87. The lowest BCUT2D eigenvalue weighted by Crippen LogP contribution is -2.22. The van der Waals surface area contributed by atoms with Gasteiger partial charge in [0.25, 0.3) is 5.91 Å². The van der Waals surface area contributed by atoms with Gasteiger partial charge in [0.15, 0.2) is 0 Å². The predicted molar refractivity (Wildman–Crippen MR) is 83.2 cm³/mol. The number of rotatable bonds is 4. The molecule has 98 valence electrons. The molecule has 0 aliphatic heterocycles. The summed E-state index contributed by atoms with van der Waals surface area (Å²) in [5.74, 6) is -0.593. The van der Waals surface area contributed by atoms with E-state index >= 15 is 0 Å². The van der Waals surface area contributed by atoms with Crippen molar-refractivity contribution in [2.45, 2.75) is 6.54 Å². The van der Waals surface area contributed by atoms with Crippen LogP contribution in [0.2, 0.25) is 0 Å². The quantitative estimate of drug-likeness (QED) is 0.793. The maximum atomic E-state index is 11.9. The Kier molecular flexibility index (Phi) is 4.54. The van der Waals surface area contributed by atoms with Gasteiger partial charge in [-0.05, 0) is 46.4 Å². The molecule has 2 aromatic rings. The fraction of sp³-hybridized carbons (Fsp3) is 0.0769. The molecule has 0 fully saturated rings. The summed E-state index contributed by atoms with van der Waals surface area (Å²) in [4.78, 5) is 22.9. The van der Waals surface area contributed by atoms with E-state index in [9.17, 15) is 9.59 Å². The molecule has 0 radical (unpaired) electrons. The minimum Gasteiger partial charge on any atom is -0.366 e. The fourth-order valence-electron chi connectivity index (χ4n) is 1.55. The van der Waals surface area contributed by atoms with Gasteiger partial charge in [-0.25, -0.2) is 0 Å². The van der Waals surface area contributed by atoms with Gasteiger partial charge < -0.3 is 11.1 Å². The highest BCUT2D eigenvalue weighted by Crippen LogP contribution is 2.16. The number of amides is 2. The summed E-state index contributed by atoms with van der Waals surface area (Å²) in [5, 5.41) is 4.62. The van der Waals surface area contributed by atoms with Crippen LogP contribution in [-0.4, -0.2) is 11.8 Å². The normalized spacial score (nSPS) is 10.2. The van der Waals surface area contributed by atoms with Crippen LogP contribution in [0.15, 0.2) is 35.7 Å². The van der Waals surface area contributed by atoms with E-state index in [0.717, 1.165) is 8.45 Å². The minimum absolute atomic E-state index is 0.122. The van der Waals surface area contributed by atoms with Crippen LogP contribution in [0, 0.1) is 2.88 Å². The van der Waals surface area contributed by atoms with E-state index in [2.05, 4.69) is 27.9 Å². The van der Waals surface area contributed by atoms with Gasteiger partial charge in [-0.15, -0.1) is 11.3 Å². The van der Waals surface area contributed by atoms with Crippen molar-refractivity contribution in [1.29, 1.82) is 0 Å². The molecular weight excluding hydrogens is 375 g/mol. The van der Waals surface area contributed by atoms with Gasteiger partial charge in [-0.2, -0.15) is 0 Å². The van der Waals surface area contributed by atoms with Crippen LogP contribution in [-0.2, 0) is 6.54 Å². The summed E-state index contributed by atoms with van der Waals surface area (Å²) in [6.07, 6.45) is 0. The highest BCUT2D eigenvalue weighted by molar-refractivity contribution is 14.1. The third kappa shape index (κ3) is 3.77. The first-order chi connectivity index (χ1) is 9.06. The maximum Gasteiger partial charge on any atom is 0.252 e. The molecule has 0 atom stereocenters. The molecule has 0 saturated heterocycles.